The maximum Gasteiger partial charge on any atom is 0.0361 e. The summed E-state index contributed by atoms with van der Waals surface area (Å²) in [5, 5.41) is 0. The lowest BCUT2D eigenvalue weighted by molar-refractivity contribution is 0.921. The molecule has 1 aromatic rings. The van der Waals surface area contributed by atoms with Gasteiger partial charge < -0.3 is 4.90 Å². The van der Waals surface area contributed by atoms with Crippen LogP contribution in [0.5, 0.6) is 0 Å². The fraction of sp³-hybridized carbons (Fsp3) is 0.600. The summed E-state index contributed by atoms with van der Waals surface area (Å²) in [6, 6.07) is 8.76. The lowest BCUT2D eigenvalue weighted by Crippen LogP contribution is -2.08. The highest BCUT2D eigenvalue weighted by Gasteiger charge is 1.94. The van der Waals surface area contributed by atoms with E-state index in [1.807, 2.05) is 27.7 Å². The van der Waals surface area contributed by atoms with E-state index in [0.29, 0.717) is 0 Å². The van der Waals surface area contributed by atoms with Crippen LogP contribution in [0.2, 0.25) is 0 Å². The predicted molar refractivity (Wildman–Crippen MR) is 77.5 cm³/mol. The number of hydrogen-bond acceptors (Lipinski definition) is 1. The minimum Gasteiger partial charge on any atom is -0.378 e. The van der Waals surface area contributed by atoms with E-state index < -0.39 is 0 Å². The molecule has 0 saturated heterocycles. The SMILES string of the molecule is CC.CC.CCCc1ccc(N(C)C)cc1. The van der Waals surface area contributed by atoms with Crippen LogP contribution in [0.3, 0.4) is 0 Å². The molecular formula is C15H29N. The maximum absolute atomic E-state index is 2.21. The molecule has 0 bridgehead atoms. The molecule has 0 atom stereocenters. The van der Waals surface area contributed by atoms with Gasteiger partial charge in [-0.2, -0.15) is 0 Å². The molecule has 0 N–H and O–H groups in total. The number of hydrogen-bond donors (Lipinski definition) is 0. The average Bonchev–Trinajstić information content (AvgIpc) is 2.35. The smallest absolute Gasteiger partial charge is 0.0361 e. The molecular weight excluding hydrogens is 194 g/mol. The molecule has 16 heavy (non-hydrogen) atoms. The molecule has 0 aromatic heterocycles. The van der Waals surface area contributed by atoms with E-state index >= 15 is 0 Å². The summed E-state index contributed by atoms with van der Waals surface area (Å²) in [6.45, 7) is 10.2. The van der Waals surface area contributed by atoms with E-state index in [1.165, 1.54) is 24.1 Å². The second-order valence-electron chi connectivity index (χ2n) is 3.31. The van der Waals surface area contributed by atoms with Gasteiger partial charge >= 0.3 is 0 Å². The topological polar surface area (TPSA) is 3.24 Å². The van der Waals surface area contributed by atoms with Gasteiger partial charge in [0.2, 0.25) is 0 Å². The van der Waals surface area contributed by atoms with Crippen LogP contribution in [0.4, 0.5) is 5.69 Å². The predicted octanol–water partition coefficient (Wildman–Crippen LogP) is 4.76. The van der Waals surface area contributed by atoms with E-state index in [0.717, 1.165) is 0 Å². The fourth-order valence-electron chi connectivity index (χ4n) is 1.25. The first kappa shape index (κ1) is 17.4. The van der Waals surface area contributed by atoms with Crippen LogP contribution >= 0.6 is 0 Å². The Morgan fingerprint density at radius 2 is 1.31 bits per heavy atom. The summed E-state index contributed by atoms with van der Waals surface area (Å²) in [5.41, 5.74) is 2.71. The Kier molecular flexibility index (Phi) is 13.2. The molecule has 1 aromatic carbocycles. The van der Waals surface area contributed by atoms with Gasteiger partial charge in [0, 0.05) is 19.8 Å². The van der Waals surface area contributed by atoms with Crippen molar-refractivity contribution in [3.8, 4) is 0 Å². The van der Waals surface area contributed by atoms with Crippen LogP contribution in [0, 0.1) is 0 Å². The van der Waals surface area contributed by atoms with E-state index in [-0.39, 0.29) is 0 Å². The Bertz CT molecular complexity index is 224. The quantitative estimate of drug-likeness (QED) is 0.714. The molecule has 0 aliphatic carbocycles. The monoisotopic (exact) mass is 223 g/mol. The molecule has 1 rings (SSSR count). The number of aryl methyl sites for hydroxylation is 1. The number of rotatable bonds is 3. The highest BCUT2D eigenvalue weighted by atomic mass is 15.1. The Balaban J connectivity index is 0. The van der Waals surface area contributed by atoms with E-state index in [9.17, 15) is 0 Å². The molecule has 0 heterocycles. The van der Waals surface area contributed by atoms with Crippen molar-refractivity contribution in [2.75, 3.05) is 19.0 Å². The van der Waals surface area contributed by atoms with Crippen molar-refractivity contribution >= 4 is 5.69 Å². The van der Waals surface area contributed by atoms with Crippen LogP contribution < -0.4 is 4.90 Å². The molecule has 0 aliphatic rings. The highest BCUT2D eigenvalue weighted by molar-refractivity contribution is 5.45. The third kappa shape index (κ3) is 7.33. The van der Waals surface area contributed by atoms with E-state index in [2.05, 4.69) is 50.2 Å². The van der Waals surface area contributed by atoms with Gasteiger partial charge in [-0.1, -0.05) is 53.2 Å². The van der Waals surface area contributed by atoms with Gasteiger partial charge in [0.15, 0.2) is 0 Å². The van der Waals surface area contributed by atoms with Gasteiger partial charge in [-0.05, 0) is 24.1 Å². The van der Waals surface area contributed by atoms with Crippen molar-refractivity contribution in [2.45, 2.75) is 47.5 Å². The number of nitrogens with zero attached hydrogens (tertiary/aromatic N) is 1. The van der Waals surface area contributed by atoms with Crippen molar-refractivity contribution in [2.24, 2.45) is 0 Å². The normalized spacial score (nSPS) is 8.19. The molecule has 0 unspecified atom stereocenters. The second-order valence-corrected chi connectivity index (χ2v) is 3.31. The van der Waals surface area contributed by atoms with Crippen molar-refractivity contribution < 1.29 is 0 Å². The number of anilines is 1. The van der Waals surface area contributed by atoms with Crippen LogP contribution in [-0.2, 0) is 6.42 Å². The fourth-order valence-corrected chi connectivity index (χ4v) is 1.25. The minimum atomic E-state index is 1.19. The lowest BCUT2D eigenvalue weighted by Gasteiger charge is -2.12. The first-order valence-electron chi connectivity index (χ1n) is 6.50. The van der Waals surface area contributed by atoms with E-state index in [1.54, 1.807) is 0 Å². The average molecular weight is 223 g/mol. The Labute approximate surface area is 102 Å². The van der Waals surface area contributed by atoms with Gasteiger partial charge in [-0.25, -0.2) is 0 Å². The van der Waals surface area contributed by atoms with Crippen LogP contribution in [0.15, 0.2) is 24.3 Å². The minimum absolute atomic E-state index is 1.19. The summed E-state index contributed by atoms with van der Waals surface area (Å²) in [4.78, 5) is 2.12. The maximum atomic E-state index is 2.21. The molecule has 94 valence electrons. The van der Waals surface area contributed by atoms with Gasteiger partial charge in [-0.15, -0.1) is 0 Å². The Morgan fingerprint density at radius 3 is 1.62 bits per heavy atom. The van der Waals surface area contributed by atoms with Crippen molar-refractivity contribution in [1.82, 2.24) is 0 Å². The van der Waals surface area contributed by atoms with Crippen LogP contribution in [-0.4, -0.2) is 14.1 Å². The van der Waals surface area contributed by atoms with Gasteiger partial charge in [0.1, 0.15) is 0 Å². The van der Waals surface area contributed by atoms with Crippen LogP contribution in [0.25, 0.3) is 0 Å². The zero-order chi connectivity index (χ0) is 13.0. The summed E-state index contributed by atoms with van der Waals surface area (Å²) >= 11 is 0. The first-order chi connectivity index (χ1) is 7.74. The first-order valence-corrected chi connectivity index (χ1v) is 6.50. The van der Waals surface area contributed by atoms with Gasteiger partial charge in [0.05, 0.1) is 0 Å². The molecule has 0 fully saturated rings. The van der Waals surface area contributed by atoms with Crippen molar-refractivity contribution in [3.63, 3.8) is 0 Å². The second kappa shape index (κ2) is 12.1. The van der Waals surface area contributed by atoms with Crippen LogP contribution in [0.1, 0.15) is 46.6 Å². The summed E-state index contributed by atoms with van der Waals surface area (Å²) < 4.78 is 0. The highest BCUT2D eigenvalue weighted by Crippen LogP contribution is 2.12. The lowest BCUT2D eigenvalue weighted by atomic mass is 10.1. The van der Waals surface area contributed by atoms with Crippen molar-refractivity contribution in [1.29, 1.82) is 0 Å². The Morgan fingerprint density at radius 1 is 0.875 bits per heavy atom. The number of benzene rings is 1. The molecule has 1 nitrogen and oxygen atoms in total. The third-order valence-corrected chi connectivity index (χ3v) is 1.99. The molecule has 0 spiro atoms. The molecule has 1 heteroatoms. The summed E-state index contributed by atoms with van der Waals surface area (Å²) in [7, 11) is 4.13. The standard InChI is InChI=1S/C11H17N.2C2H6/c1-4-5-10-6-8-11(9-7-10)12(2)3;2*1-2/h6-9H,4-5H2,1-3H3;2*1-2H3. The molecule has 0 amide bonds. The Hall–Kier alpha value is -0.980. The summed E-state index contributed by atoms with van der Waals surface area (Å²) in [5.74, 6) is 0. The molecule has 0 saturated carbocycles. The largest absolute Gasteiger partial charge is 0.378 e. The molecule has 0 radical (unpaired) electrons. The summed E-state index contributed by atoms with van der Waals surface area (Å²) in [6.07, 6.45) is 2.41. The third-order valence-electron chi connectivity index (χ3n) is 1.99. The van der Waals surface area contributed by atoms with E-state index in [4.69, 9.17) is 0 Å². The molecule has 0 aliphatic heterocycles. The van der Waals surface area contributed by atoms with Crippen molar-refractivity contribution in [3.05, 3.63) is 29.8 Å². The van der Waals surface area contributed by atoms with Gasteiger partial charge in [-0.3, -0.25) is 0 Å². The zero-order valence-electron chi connectivity index (χ0n) is 12.2. The van der Waals surface area contributed by atoms with Gasteiger partial charge in [0.25, 0.3) is 0 Å². The zero-order valence-corrected chi connectivity index (χ0v) is 12.2.